The SMILES string of the molecule is COc1ccc(N2CCN(S(=O)(=O)c3c(C)nn(C)c3Cl)CC2)c(OC)c1. The van der Waals surface area contributed by atoms with Crippen molar-refractivity contribution in [1.29, 1.82) is 0 Å². The number of aryl methyl sites for hydroxylation is 2. The van der Waals surface area contributed by atoms with Gasteiger partial charge in [-0.1, -0.05) is 11.6 Å². The van der Waals surface area contributed by atoms with E-state index in [1.807, 2.05) is 18.2 Å². The van der Waals surface area contributed by atoms with Crippen molar-refractivity contribution in [3.8, 4) is 11.5 Å². The number of nitrogens with zero attached hydrogens (tertiary/aromatic N) is 4. The van der Waals surface area contributed by atoms with Crippen LogP contribution in [-0.4, -0.2) is 62.9 Å². The molecule has 1 aliphatic heterocycles. The Morgan fingerprint density at radius 1 is 1.11 bits per heavy atom. The van der Waals surface area contributed by atoms with Gasteiger partial charge in [0.2, 0.25) is 10.0 Å². The molecule has 8 nitrogen and oxygen atoms in total. The molecule has 27 heavy (non-hydrogen) atoms. The van der Waals surface area contributed by atoms with Gasteiger partial charge in [0.1, 0.15) is 21.5 Å². The summed E-state index contributed by atoms with van der Waals surface area (Å²) < 4.78 is 39.6. The van der Waals surface area contributed by atoms with Crippen LogP contribution >= 0.6 is 11.6 Å². The van der Waals surface area contributed by atoms with E-state index in [1.54, 1.807) is 28.2 Å². The predicted octanol–water partition coefficient (Wildman–Crippen LogP) is 1.91. The van der Waals surface area contributed by atoms with Gasteiger partial charge in [0.15, 0.2) is 0 Å². The minimum absolute atomic E-state index is 0.0853. The summed E-state index contributed by atoms with van der Waals surface area (Å²) in [6.07, 6.45) is 0. The van der Waals surface area contributed by atoms with Crippen molar-refractivity contribution in [2.45, 2.75) is 11.8 Å². The lowest BCUT2D eigenvalue weighted by Crippen LogP contribution is -2.48. The zero-order valence-corrected chi connectivity index (χ0v) is 17.3. The number of anilines is 1. The quantitative estimate of drug-likeness (QED) is 0.743. The zero-order chi connectivity index (χ0) is 19.8. The topological polar surface area (TPSA) is 76.9 Å². The molecule has 2 aromatic rings. The molecule has 1 saturated heterocycles. The number of halogens is 1. The van der Waals surface area contributed by atoms with Gasteiger partial charge in [-0.15, -0.1) is 0 Å². The molecule has 148 valence electrons. The van der Waals surface area contributed by atoms with Crippen LogP contribution in [0.15, 0.2) is 23.1 Å². The highest BCUT2D eigenvalue weighted by Gasteiger charge is 2.34. The predicted molar refractivity (Wildman–Crippen MR) is 103 cm³/mol. The van der Waals surface area contributed by atoms with Crippen LogP contribution in [-0.2, 0) is 17.1 Å². The lowest BCUT2D eigenvalue weighted by Gasteiger charge is -2.36. The zero-order valence-electron chi connectivity index (χ0n) is 15.8. The van der Waals surface area contributed by atoms with Crippen LogP contribution in [0, 0.1) is 6.92 Å². The van der Waals surface area contributed by atoms with E-state index in [0.717, 1.165) is 5.69 Å². The van der Waals surface area contributed by atoms with Crippen LogP contribution in [0.5, 0.6) is 11.5 Å². The highest BCUT2D eigenvalue weighted by molar-refractivity contribution is 7.89. The first kappa shape index (κ1) is 19.8. The molecule has 2 heterocycles. The average Bonchev–Trinajstić information content (AvgIpc) is 2.93. The molecule has 0 amide bonds. The second-order valence-corrected chi connectivity index (χ2v) is 8.49. The maximum absolute atomic E-state index is 13.0. The van der Waals surface area contributed by atoms with Crippen molar-refractivity contribution in [2.24, 2.45) is 7.05 Å². The Bertz CT molecular complexity index is 937. The lowest BCUT2D eigenvalue weighted by atomic mass is 10.2. The van der Waals surface area contributed by atoms with E-state index < -0.39 is 10.0 Å². The van der Waals surface area contributed by atoms with Gasteiger partial charge in [-0.2, -0.15) is 9.40 Å². The van der Waals surface area contributed by atoms with Crippen LogP contribution in [0.1, 0.15) is 5.69 Å². The van der Waals surface area contributed by atoms with Gasteiger partial charge in [0.05, 0.1) is 25.6 Å². The van der Waals surface area contributed by atoms with E-state index in [2.05, 4.69) is 10.00 Å². The molecule has 0 atom stereocenters. The Balaban J connectivity index is 1.79. The number of piperazine rings is 1. The molecular weight excluding hydrogens is 392 g/mol. The molecule has 1 aromatic heterocycles. The van der Waals surface area contributed by atoms with Gasteiger partial charge < -0.3 is 14.4 Å². The van der Waals surface area contributed by atoms with Gasteiger partial charge in [0, 0.05) is 39.3 Å². The summed E-state index contributed by atoms with van der Waals surface area (Å²) in [5.74, 6) is 1.40. The Kier molecular flexibility index (Phi) is 5.55. The third-order valence-electron chi connectivity index (χ3n) is 4.66. The fourth-order valence-corrected chi connectivity index (χ4v) is 5.38. The molecule has 3 rings (SSSR count). The van der Waals surface area contributed by atoms with Gasteiger partial charge in [-0.05, 0) is 19.1 Å². The van der Waals surface area contributed by atoms with Crippen molar-refractivity contribution in [1.82, 2.24) is 14.1 Å². The maximum atomic E-state index is 13.0. The number of aromatic nitrogens is 2. The summed E-state index contributed by atoms with van der Waals surface area (Å²) in [6.45, 7) is 3.43. The van der Waals surface area contributed by atoms with Crippen molar-refractivity contribution in [3.05, 3.63) is 29.0 Å². The van der Waals surface area contributed by atoms with Gasteiger partial charge in [-0.25, -0.2) is 8.42 Å². The van der Waals surface area contributed by atoms with E-state index >= 15 is 0 Å². The molecule has 0 radical (unpaired) electrons. The fraction of sp³-hybridized carbons (Fsp3) is 0.471. The molecule has 0 bridgehead atoms. The van der Waals surface area contributed by atoms with E-state index in [1.165, 1.54) is 8.99 Å². The van der Waals surface area contributed by atoms with Crippen LogP contribution in [0.4, 0.5) is 5.69 Å². The summed E-state index contributed by atoms with van der Waals surface area (Å²) in [7, 11) is 1.14. The minimum atomic E-state index is -3.69. The third kappa shape index (κ3) is 3.59. The standard InChI is InChI=1S/C17H23ClN4O4S/c1-12-16(17(18)20(2)19-12)27(23,24)22-9-7-21(8-10-22)14-6-5-13(25-3)11-15(14)26-4/h5-6,11H,7-10H2,1-4H3. The van der Waals surface area contributed by atoms with Crippen LogP contribution < -0.4 is 14.4 Å². The maximum Gasteiger partial charge on any atom is 0.248 e. The molecule has 1 aliphatic rings. The summed E-state index contributed by atoms with van der Waals surface area (Å²) in [5.41, 5.74) is 1.31. The number of methoxy groups -OCH3 is 2. The van der Waals surface area contributed by atoms with Gasteiger partial charge in [0.25, 0.3) is 0 Å². The lowest BCUT2D eigenvalue weighted by molar-refractivity contribution is 0.375. The molecular formula is C17H23ClN4O4S. The highest BCUT2D eigenvalue weighted by atomic mass is 35.5. The fourth-order valence-electron chi connectivity index (χ4n) is 3.25. The first-order valence-corrected chi connectivity index (χ1v) is 10.3. The first-order valence-electron chi connectivity index (χ1n) is 8.45. The largest absolute Gasteiger partial charge is 0.497 e. The Morgan fingerprint density at radius 3 is 2.30 bits per heavy atom. The highest BCUT2D eigenvalue weighted by Crippen LogP contribution is 2.34. The van der Waals surface area contributed by atoms with E-state index in [0.29, 0.717) is 43.4 Å². The monoisotopic (exact) mass is 414 g/mol. The Hall–Kier alpha value is -1.97. The second kappa shape index (κ2) is 7.57. The minimum Gasteiger partial charge on any atom is -0.497 e. The summed E-state index contributed by atoms with van der Waals surface area (Å²) in [6, 6.07) is 5.60. The van der Waals surface area contributed by atoms with Crippen molar-refractivity contribution in [3.63, 3.8) is 0 Å². The summed E-state index contributed by atoms with van der Waals surface area (Å²) in [5, 5.41) is 4.24. The molecule has 0 unspecified atom stereocenters. The summed E-state index contributed by atoms with van der Waals surface area (Å²) >= 11 is 6.17. The number of hydrogen-bond donors (Lipinski definition) is 0. The first-order chi connectivity index (χ1) is 12.8. The number of ether oxygens (including phenoxy) is 2. The van der Waals surface area contributed by atoms with E-state index in [9.17, 15) is 8.42 Å². The smallest absolute Gasteiger partial charge is 0.248 e. The van der Waals surface area contributed by atoms with Gasteiger partial charge >= 0.3 is 0 Å². The van der Waals surface area contributed by atoms with Crippen molar-refractivity contribution in [2.75, 3.05) is 45.3 Å². The normalized spacial score (nSPS) is 15.8. The average molecular weight is 415 g/mol. The number of sulfonamides is 1. The molecule has 0 aliphatic carbocycles. The van der Waals surface area contributed by atoms with Gasteiger partial charge in [-0.3, -0.25) is 4.68 Å². The molecule has 1 aromatic carbocycles. The molecule has 0 saturated carbocycles. The molecule has 0 N–H and O–H groups in total. The molecule has 0 spiro atoms. The summed E-state index contributed by atoms with van der Waals surface area (Å²) in [4.78, 5) is 2.18. The Morgan fingerprint density at radius 2 is 1.78 bits per heavy atom. The number of hydrogen-bond acceptors (Lipinski definition) is 6. The Labute approximate surface area is 164 Å². The molecule has 1 fully saturated rings. The third-order valence-corrected chi connectivity index (χ3v) is 7.26. The van der Waals surface area contributed by atoms with Crippen molar-refractivity contribution < 1.29 is 17.9 Å². The van der Waals surface area contributed by atoms with E-state index in [4.69, 9.17) is 21.1 Å². The van der Waals surface area contributed by atoms with Crippen LogP contribution in [0.3, 0.4) is 0 Å². The van der Waals surface area contributed by atoms with Crippen LogP contribution in [0.25, 0.3) is 0 Å². The number of rotatable bonds is 5. The number of benzene rings is 1. The van der Waals surface area contributed by atoms with Crippen LogP contribution in [0.2, 0.25) is 5.15 Å². The second-order valence-electron chi connectivity index (χ2n) is 6.26. The van der Waals surface area contributed by atoms with E-state index in [-0.39, 0.29) is 10.0 Å². The molecule has 10 heteroatoms. The van der Waals surface area contributed by atoms with Crippen molar-refractivity contribution >= 4 is 27.3 Å².